The summed E-state index contributed by atoms with van der Waals surface area (Å²) in [6, 6.07) is 16.7. The molecule has 0 fully saturated rings. The number of aromatic amines is 1. The summed E-state index contributed by atoms with van der Waals surface area (Å²) in [4.78, 5) is 31.5. The summed E-state index contributed by atoms with van der Waals surface area (Å²) < 4.78 is 13.5. The van der Waals surface area contributed by atoms with E-state index in [1.807, 2.05) is 42.5 Å². The number of allylic oxidation sites excluding steroid dienone is 1. The Labute approximate surface area is 212 Å². The van der Waals surface area contributed by atoms with Crippen LogP contribution in [-0.4, -0.2) is 49.7 Å². The lowest BCUT2D eigenvalue weighted by Crippen LogP contribution is -2.30. The van der Waals surface area contributed by atoms with Gasteiger partial charge in [-0.05, 0) is 42.8 Å². The molecule has 0 saturated carbocycles. The molecule has 4 rings (SSSR count). The Kier molecular flexibility index (Phi) is 7.84. The van der Waals surface area contributed by atoms with Crippen LogP contribution >= 0.6 is 0 Å². The zero-order valence-corrected chi connectivity index (χ0v) is 20.7. The molecule has 37 heavy (non-hydrogen) atoms. The number of anilines is 1. The van der Waals surface area contributed by atoms with Crippen molar-refractivity contribution in [2.45, 2.75) is 19.6 Å². The van der Waals surface area contributed by atoms with Crippen LogP contribution in [0.1, 0.15) is 12.5 Å². The Morgan fingerprint density at radius 3 is 2.57 bits per heavy atom. The van der Waals surface area contributed by atoms with Crippen molar-refractivity contribution in [1.29, 1.82) is 0 Å². The van der Waals surface area contributed by atoms with E-state index in [9.17, 15) is 14.7 Å². The highest BCUT2D eigenvalue weighted by molar-refractivity contribution is 5.96. The summed E-state index contributed by atoms with van der Waals surface area (Å²) in [7, 11) is 3.07. The number of nitrogens with zero attached hydrogens (tertiary/aromatic N) is 4. The lowest BCUT2D eigenvalue weighted by molar-refractivity contribution is 0.0938. The summed E-state index contributed by atoms with van der Waals surface area (Å²) in [6.07, 6.45) is 2.74. The molecule has 0 spiro atoms. The number of imidazole rings is 1. The molecule has 11 nitrogen and oxygen atoms in total. The van der Waals surface area contributed by atoms with Crippen molar-refractivity contribution in [3.8, 4) is 11.5 Å². The van der Waals surface area contributed by atoms with Gasteiger partial charge in [0.2, 0.25) is 5.95 Å². The molecule has 0 saturated heterocycles. The zero-order chi connectivity index (χ0) is 26.4. The summed E-state index contributed by atoms with van der Waals surface area (Å²) in [5, 5.41) is 15.1. The molecule has 2 heterocycles. The molecule has 2 aromatic carbocycles. The molecule has 0 aliphatic rings. The van der Waals surface area contributed by atoms with Gasteiger partial charge >= 0.3 is 5.69 Å². The monoisotopic (exact) mass is 504 g/mol. The molecular weight excluding hydrogens is 476 g/mol. The third-order valence-electron chi connectivity index (χ3n) is 5.55. The maximum atomic E-state index is 12.7. The first kappa shape index (κ1) is 25.5. The Balaban J connectivity index is 1.57. The molecule has 0 aliphatic heterocycles. The van der Waals surface area contributed by atoms with Gasteiger partial charge in [-0.15, -0.1) is 0 Å². The van der Waals surface area contributed by atoms with Gasteiger partial charge in [0.1, 0.15) is 24.2 Å². The van der Waals surface area contributed by atoms with Crippen LogP contribution in [0.15, 0.2) is 75.4 Å². The number of hydrogen-bond donors (Lipinski definition) is 3. The fourth-order valence-electron chi connectivity index (χ4n) is 3.58. The van der Waals surface area contributed by atoms with Gasteiger partial charge in [-0.1, -0.05) is 36.4 Å². The highest BCUT2D eigenvalue weighted by Crippen LogP contribution is 2.19. The molecule has 0 aliphatic carbocycles. The average Bonchev–Trinajstić information content (AvgIpc) is 3.27. The van der Waals surface area contributed by atoms with E-state index in [4.69, 9.17) is 9.47 Å². The van der Waals surface area contributed by atoms with Crippen molar-refractivity contribution in [3.63, 3.8) is 0 Å². The number of nitrogens with one attached hydrogen (secondary N) is 2. The van der Waals surface area contributed by atoms with E-state index in [1.54, 1.807) is 38.3 Å². The number of ether oxygens (including phenoxy) is 2. The molecule has 4 aromatic rings. The van der Waals surface area contributed by atoms with E-state index in [0.29, 0.717) is 17.2 Å². The second-order valence-electron chi connectivity index (χ2n) is 8.29. The van der Waals surface area contributed by atoms with Gasteiger partial charge in [0, 0.05) is 7.05 Å². The second-order valence-corrected chi connectivity index (χ2v) is 8.29. The number of H-pyrrole nitrogens is 1. The van der Waals surface area contributed by atoms with Crippen LogP contribution in [0.25, 0.3) is 17.2 Å². The first-order valence-corrected chi connectivity index (χ1v) is 11.5. The van der Waals surface area contributed by atoms with Gasteiger partial charge in [0.25, 0.3) is 5.56 Å². The van der Waals surface area contributed by atoms with Crippen LogP contribution in [0.5, 0.6) is 11.5 Å². The van der Waals surface area contributed by atoms with E-state index < -0.39 is 17.4 Å². The predicted octanol–water partition coefficient (Wildman–Crippen LogP) is 2.37. The number of hydrogen-bond acceptors (Lipinski definition) is 8. The third kappa shape index (κ3) is 6.14. The van der Waals surface area contributed by atoms with Crippen molar-refractivity contribution < 1.29 is 14.6 Å². The fourth-order valence-corrected chi connectivity index (χ4v) is 3.58. The number of aliphatic hydroxyl groups excluding tert-OH is 1. The fraction of sp³-hybridized carbons (Fsp3) is 0.231. The van der Waals surface area contributed by atoms with E-state index in [-0.39, 0.29) is 30.3 Å². The van der Waals surface area contributed by atoms with Crippen molar-refractivity contribution in [1.82, 2.24) is 19.1 Å². The Bertz CT molecular complexity index is 1530. The molecule has 3 N–H and O–H groups in total. The largest absolute Gasteiger partial charge is 0.497 e. The molecule has 0 bridgehead atoms. The van der Waals surface area contributed by atoms with E-state index in [0.717, 1.165) is 5.56 Å². The van der Waals surface area contributed by atoms with E-state index in [2.05, 4.69) is 20.5 Å². The molecule has 0 unspecified atom stereocenters. The average molecular weight is 505 g/mol. The highest BCUT2D eigenvalue weighted by atomic mass is 16.5. The first-order valence-electron chi connectivity index (χ1n) is 11.5. The summed E-state index contributed by atoms with van der Waals surface area (Å²) in [5.41, 5.74) is 3.60. The van der Waals surface area contributed by atoms with Gasteiger partial charge in [-0.3, -0.25) is 14.3 Å². The van der Waals surface area contributed by atoms with Crippen LogP contribution in [0.4, 0.5) is 5.95 Å². The minimum Gasteiger partial charge on any atom is -0.497 e. The van der Waals surface area contributed by atoms with Gasteiger partial charge in [0.05, 0.1) is 19.4 Å². The Hall–Kier alpha value is -4.64. The molecule has 0 radical (unpaired) electrons. The maximum Gasteiger partial charge on any atom is 0.329 e. The summed E-state index contributed by atoms with van der Waals surface area (Å²) in [6.45, 7) is 1.72. The van der Waals surface area contributed by atoms with E-state index >= 15 is 0 Å². The molecule has 0 amide bonds. The van der Waals surface area contributed by atoms with E-state index in [1.165, 1.54) is 16.2 Å². The van der Waals surface area contributed by atoms with Gasteiger partial charge < -0.3 is 19.1 Å². The minimum atomic E-state index is -1.00. The van der Waals surface area contributed by atoms with Crippen molar-refractivity contribution >= 4 is 28.9 Å². The molecule has 192 valence electrons. The van der Waals surface area contributed by atoms with Crippen LogP contribution in [-0.2, 0) is 13.6 Å². The van der Waals surface area contributed by atoms with Crippen LogP contribution in [0.3, 0.4) is 0 Å². The van der Waals surface area contributed by atoms with Gasteiger partial charge in [0.15, 0.2) is 11.2 Å². The molecular formula is C26H28N6O5. The quantitative estimate of drug-likeness (QED) is 0.223. The van der Waals surface area contributed by atoms with Crippen LogP contribution in [0.2, 0.25) is 0 Å². The number of fused-ring (bicyclic) bond motifs is 1. The maximum absolute atomic E-state index is 12.7. The number of benzene rings is 2. The normalized spacial score (nSPS) is 12.7. The van der Waals surface area contributed by atoms with Crippen LogP contribution < -0.4 is 26.1 Å². The number of hydrazone groups is 1. The zero-order valence-electron chi connectivity index (χ0n) is 20.7. The van der Waals surface area contributed by atoms with Gasteiger partial charge in [-0.2, -0.15) is 10.1 Å². The molecule has 1 atom stereocenters. The Morgan fingerprint density at radius 1 is 1.16 bits per heavy atom. The summed E-state index contributed by atoms with van der Waals surface area (Å²) in [5.74, 6) is 1.44. The van der Waals surface area contributed by atoms with Crippen molar-refractivity contribution in [2.75, 3.05) is 19.1 Å². The first-order chi connectivity index (χ1) is 17.9. The third-order valence-corrected chi connectivity index (χ3v) is 5.55. The number of methoxy groups -OCH3 is 1. The Morgan fingerprint density at radius 2 is 1.86 bits per heavy atom. The lowest BCUT2D eigenvalue weighted by Gasteiger charge is -2.15. The number of aromatic nitrogens is 4. The molecule has 2 aromatic heterocycles. The highest BCUT2D eigenvalue weighted by Gasteiger charge is 2.20. The number of rotatable bonds is 10. The minimum absolute atomic E-state index is 0.0370. The molecule has 11 heteroatoms. The van der Waals surface area contributed by atoms with Gasteiger partial charge in [-0.25, -0.2) is 10.2 Å². The smallest absolute Gasteiger partial charge is 0.329 e. The van der Waals surface area contributed by atoms with Crippen molar-refractivity contribution in [2.24, 2.45) is 12.1 Å². The standard InChI is InChI=1S/C26H28N6O5/c1-17(9-10-18-7-5-4-6-8-18)29-30-25-27-23-22(24(34)28-26(35)31(23)2)32(25)15-19(33)16-37-21-13-11-20(36-3)12-14-21/h4-14,19,33H,15-16H2,1-3H3,(H,27,30)(H,28,34,35)/b10-9+,29-17+/t19-/m1/s1. The van der Waals surface area contributed by atoms with Crippen LogP contribution in [0, 0.1) is 0 Å². The number of aryl methyl sites for hydroxylation is 1. The summed E-state index contributed by atoms with van der Waals surface area (Å²) >= 11 is 0. The topological polar surface area (TPSA) is 136 Å². The number of aliphatic hydroxyl groups is 1. The predicted molar refractivity (Wildman–Crippen MR) is 142 cm³/mol. The SMILES string of the molecule is COc1ccc(OC[C@H](O)Cn2c(N/N=C(C)/C=C/c3ccccc3)nc3c2c(=O)[nH]c(=O)n3C)cc1. The lowest BCUT2D eigenvalue weighted by atomic mass is 10.2. The second kappa shape index (κ2) is 11.4. The van der Waals surface area contributed by atoms with Crippen molar-refractivity contribution in [3.05, 3.63) is 87.1 Å².